The molecule has 44 valence electrons. The molecule has 0 unspecified atom stereocenters. The number of ether oxygens (including phenoxy) is 1. The Kier molecular flexibility index (Phi) is 10.4. The summed E-state index contributed by atoms with van der Waals surface area (Å²) in [5, 5.41) is 15.6. The second-order valence-electron chi connectivity index (χ2n) is 0.871. The molecule has 0 aliphatic rings. The van der Waals surface area contributed by atoms with Crippen LogP contribution in [0.2, 0.25) is 0 Å². The Labute approximate surface area is 70.2 Å². The zero-order chi connectivity index (χ0) is 5.70. The largest absolute Gasteiger partial charge is 1.00 e. The van der Waals surface area contributed by atoms with E-state index in [1.165, 1.54) is 0 Å². The molecule has 2 N–H and O–H groups in total. The molecule has 0 saturated heterocycles. The molecule has 0 rings (SSSR count). The van der Waals surface area contributed by atoms with Crippen molar-refractivity contribution in [2.24, 2.45) is 0 Å². The molecule has 0 heterocycles. The third-order valence-electron chi connectivity index (χ3n) is 0.317. The van der Waals surface area contributed by atoms with Crippen LogP contribution in [0.3, 0.4) is 0 Å². The topological polar surface area (TPSA) is 66.8 Å². The van der Waals surface area contributed by atoms with Crippen LogP contribution in [0.15, 0.2) is 0 Å². The normalized spacial score (nSPS) is 7.62. The predicted octanol–water partition coefficient (Wildman–Crippen LogP) is -3.85. The van der Waals surface area contributed by atoms with E-state index in [0.29, 0.717) is 0 Å². The van der Waals surface area contributed by atoms with Crippen molar-refractivity contribution >= 4 is 5.97 Å². The SMILES string of the molecule is O=C(O)COCO.[H-].[Na+]. The number of hydrogen-bond acceptors (Lipinski definition) is 3. The van der Waals surface area contributed by atoms with Gasteiger partial charge >= 0.3 is 35.5 Å². The molecule has 0 aliphatic heterocycles. The molecule has 0 aromatic carbocycles. The number of carboxylic acid groups (broad SMARTS) is 1. The van der Waals surface area contributed by atoms with Gasteiger partial charge in [0.2, 0.25) is 0 Å². The molecule has 0 aromatic rings. The Bertz CT molecular complexity index is 68.8. The summed E-state index contributed by atoms with van der Waals surface area (Å²) in [6, 6.07) is 0. The van der Waals surface area contributed by atoms with Gasteiger partial charge in [-0.15, -0.1) is 0 Å². The van der Waals surface area contributed by atoms with Crippen LogP contribution >= 0.6 is 0 Å². The first kappa shape index (κ1) is 11.2. The monoisotopic (exact) mass is 130 g/mol. The summed E-state index contributed by atoms with van der Waals surface area (Å²) < 4.78 is 4.05. The van der Waals surface area contributed by atoms with Crippen LogP contribution in [-0.2, 0) is 9.53 Å². The van der Waals surface area contributed by atoms with Crippen molar-refractivity contribution in [2.75, 3.05) is 13.4 Å². The van der Waals surface area contributed by atoms with E-state index >= 15 is 0 Å². The maximum atomic E-state index is 9.52. The summed E-state index contributed by atoms with van der Waals surface area (Å²) >= 11 is 0. The van der Waals surface area contributed by atoms with Crippen LogP contribution in [0.5, 0.6) is 0 Å². The van der Waals surface area contributed by atoms with E-state index in [-0.39, 0.29) is 31.0 Å². The number of carbonyl (C=O) groups is 1. The summed E-state index contributed by atoms with van der Waals surface area (Å²) in [5.74, 6) is -1.07. The van der Waals surface area contributed by atoms with Crippen molar-refractivity contribution in [3.63, 3.8) is 0 Å². The van der Waals surface area contributed by atoms with Crippen molar-refractivity contribution in [3.8, 4) is 0 Å². The molecule has 0 radical (unpaired) electrons. The molecule has 0 aromatic heterocycles. The minimum Gasteiger partial charge on any atom is -1.00 e. The molecule has 5 heteroatoms. The van der Waals surface area contributed by atoms with Crippen molar-refractivity contribution in [1.82, 2.24) is 0 Å². The molecule has 4 nitrogen and oxygen atoms in total. The van der Waals surface area contributed by atoms with Gasteiger partial charge in [0.15, 0.2) is 0 Å². The van der Waals surface area contributed by atoms with E-state index < -0.39 is 19.4 Å². The van der Waals surface area contributed by atoms with Gasteiger partial charge in [-0.3, -0.25) is 0 Å². The minimum atomic E-state index is -1.07. The van der Waals surface area contributed by atoms with E-state index in [1.807, 2.05) is 0 Å². The Morgan fingerprint density at radius 2 is 2.25 bits per heavy atom. The molecule has 0 saturated carbocycles. The Hall–Kier alpha value is 0.390. The van der Waals surface area contributed by atoms with Gasteiger partial charge < -0.3 is 16.4 Å². The van der Waals surface area contributed by atoms with Gasteiger partial charge in [-0.1, -0.05) is 0 Å². The van der Waals surface area contributed by atoms with Crippen LogP contribution in [-0.4, -0.2) is 29.6 Å². The molecule has 0 bridgehead atoms. The fraction of sp³-hybridized carbons (Fsp3) is 0.667. The van der Waals surface area contributed by atoms with Crippen LogP contribution in [0.25, 0.3) is 0 Å². The quantitative estimate of drug-likeness (QED) is 0.303. The van der Waals surface area contributed by atoms with E-state index in [0.717, 1.165) is 0 Å². The van der Waals surface area contributed by atoms with Crippen molar-refractivity contribution < 1.29 is 50.7 Å². The Morgan fingerprint density at radius 1 is 1.75 bits per heavy atom. The maximum absolute atomic E-state index is 9.52. The van der Waals surface area contributed by atoms with E-state index in [1.54, 1.807) is 0 Å². The van der Waals surface area contributed by atoms with Gasteiger partial charge in [0.05, 0.1) is 0 Å². The molecule has 8 heavy (non-hydrogen) atoms. The average molecular weight is 130 g/mol. The van der Waals surface area contributed by atoms with Crippen molar-refractivity contribution in [1.29, 1.82) is 0 Å². The molecular weight excluding hydrogens is 123 g/mol. The summed E-state index contributed by atoms with van der Waals surface area (Å²) in [6.45, 7) is -0.969. The third kappa shape index (κ3) is 9.63. The summed E-state index contributed by atoms with van der Waals surface area (Å²) in [5.41, 5.74) is 0. The molecule has 0 spiro atoms. The van der Waals surface area contributed by atoms with E-state index in [2.05, 4.69) is 4.74 Å². The van der Waals surface area contributed by atoms with Gasteiger partial charge in [0.25, 0.3) is 0 Å². The minimum absolute atomic E-state index is 0. The smallest absolute Gasteiger partial charge is 1.00 e. The zero-order valence-corrected chi connectivity index (χ0v) is 6.63. The fourth-order valence-electron chi connectivity index (χ4n) is 0.133. The van der Waals surface area contributed by atoms with Crippen LogP contribution in [0.1, 0.15) is 1.43 Å². The zero-order valence-electron chi connectivity index (χ0n) is 5.63. The van der Waals surface area contributed by atoms with Crippen LogP contribution in [0, 0.1) is 0 Å². The third-order valence-corrected chi connectivity index (χ3v) is 0.317. The number of aliphatic carboxylic acids is 1. The first-order valence-corrected chi connectivity index (χ1v) is 1.67. The van der Waals surface area contributed by atoms with Gasteiger partial charge in [0, 0.05) is 0 Å². The number of aliphatic hydroxyl groups is 1. The van der Waals surface area contributed by atoms with E-state index in [4.69, 9.17) is 10.2 Å². The van der Waals surface area contributed by atoms with Gasteiger partial charge in [-0.05, 0) is 0 Å². The summed E-state index contributed by atoms with van der Waals surface area (Å²) in [4.78, 5) is 9.52. The first-order valence-electron chi connectivity index (χ1n) is 1.67. The number of carboxylic acids is 1. The standard InChI is InChI=1S/C3H6O4.Na.H/c4-2-7-1-3(5)6;;/h4H,1-2H2,(H,5,6);;/q;+1;-1. The Morgan fingerprint density at radius 3 is 2.38 bits per heavy atom. The molecular formula is C3H7NaO4. The maximum Gasteiger partial charge on any atom is 1.00 e. The Balaban J connectivity index is -0.000000180. The van der Waals surface area contributed by atoms with Gasteiger partial charge in [-0.2, -0.15) is 0 Å². The first-order chi connectivity index (χ1) is 3.27. The molecule has 0 aliphatic carbocycles. The molecule has 0 atom stereocenters. The molecule has 0 fully saturated rings. The molecule has 0 amide bonds. The number of hydrogen-bond donors (Lipinski definition) is 2. The van der Waals surface area contributed by atoms with E-state index in [9.17, 15) is 4.79 Å². The summed E-state index contributed by atoms with van der Waals surface area (Å²) in [6.07, 6.45) is 0. The average Bonchev–Trinajstić information content (AvgIpc) is 1.61. The predicted molar refractivity (Wildman–Crippen MR) is 21.8 cm³/mol. The summed E-state index contributed by atoms with van der Waals surface area (Å²) in [7, 11) is 0. The van der Waals surface area contributed by atoms with Crippen LogP contribution in [0.4, 0.5) is 0 Å². The number of aliphatic hydroxyl groups excluding tert-OH is 1. The number of rotatable bonds is 3. The van der Waals surface area contributed by atoms with Crippen molar-refractivity contribution in [3.05, 3.63) is 0 Å². The van der Waals surface area contributed by atoms with Crippen LogP contribution < -0.4 is 29.6 Å². The second-order valence-corrected chi connectivity index (χ2v) is 0.871. The second kappa shape index (κ2) is 7.39. The van der Waals surface area contributed by atoms with Crippen molar-refractivity contribution in [2.45, 2.75) is 0 Å². The fourth-order valence-corrected chi connectivity index (χ4v) is 0.133. The van der Waals surface area contributed by atoms with Gasteiger partial charge in [-0.25, -0.2) is 4.79 Å². The van der Waals surface area contributed by atoms with Gasteiger partial charge in [0.1, 0.15) is 13.4 Å².